The highest BCUT2D eigenvalue weighted by Crippen LogP contribution is 2.19. The number of nitrogens with zero attached hydrogens (tertiary/aromatic N) is 4. The summed E-state index contributed by atoms with van der Waals surface area (Å²) < 4.78 is 28.0. The van der Waals surface area contributed by atoms with E-state index in [1.807, 2.05) is 13.0 Å². The van der Waals surface area contributed by atoms with Gasteiger partial charge in [-0.3, -0.25) is 4.79 Å². The van der Waals surface area contributed by atoms with Crippen LogP contribution in [0.4, 0.5) is 5.82 Å². The second kappa shape index (κ2) is 7.32. The van der Waals surface area contributed by atoms with Crippen molar-refractivity contribution >= 4 is 21.7 Å². The first kappa shape index (κ1) is 17.6. The molecule has 1 N–H and O–H groups in total. The van der Waals surface area contributed by atoms with Gasteiger partial charge in [0.1, 0.15) is 12.4 Å². The lowest BCUT2D eigenvalue weighted by Crippen LogP contribution is -2.35. The van der Waals surface area contributed by atoms with Gasteiger partial charge in [0.15, 0.2) is 5.03 Å². The maximum Gasteiger partial charge on any atom is 0.262 e. The van der Waals surface area contributed by atoms with E-state index in [-0.39, 0.29) is 17.5 Å². The van der Waals surface area contributed by atoms with Crippen molar-refractivity contribution in [1.82, 2.24) is 18.8 Å². The lowest BCUT2D eigenvalue weighted by atomic mass is 10.2. The largest absolute Gasteiger partial charge is 0.327 e. The first-order valence-corrected chi connectivity index (χ1v) is 9.64. The van der Waals surface area contributed by atoms with Crippen LogP contribution in [0.5, 0.6) is 0 Å². The molecular weight excluding hydrogens is 342 g/mol. The first-order chi connectivity index (χ1) is 11.9. The smallest absolute Gasteiger partial charge is 0.262 e. The lowest BCUT2D eigenvalue weighted by molar-refractivity contribution is -0.116. The van der Waals surface area contributed by atoms with E-state index < -0.39 is 10.0 Å². The van der Waals surface area contributed by atoms with E-state index in [0.717, 1.165) is 25.0 Å². The van der Waals surface area contributed by atoms with Gasteiger partial charge in [-0.2, -0.15) is 4.31 Å². The zero-order valence-corrected chi connectivity index (χ0v) is 14.9. The van der Waals surface area contributed by atoms with Crippen LogP contribution >= 0.6 is 0 Å². The number of aromatic nitrogens is 3. The van der Waals surface area contributed by atoms with Crippen LogP contribution in [0.1, 0.15) is 25.0 Å². The number of sulfonamides is 1. The van der Waals surface area contributed by atoms with Gasteiger partial charge >= 0.3 is 0 Å². The SMILES string of the molecule is Cc1cccc(NC(=O)Cn2cnc(S(=O)(=O)N3CCCCC3)c2)n1. The number of rotatable bonds is 5. The van der Waals surface area contributed by atoms with Gasteiger partial charge in [-0.05, 0) is 31.9 Å². The number of amides is 1. The molecule has 134 valence electrons. The lowest BCUT2D eigenvalue weighted by Gasteiger charge is -2.24. The van der Waals surface area contributed by atoms with E-state index >= 15 is 0 Å². The quantitative estimate of drug-likeness (QED) is 0.866. The highest BCUT2D eigenvalue weighted by Gasteiger charge is 2.28. The van der Waals surface area contributed by atoms with Crippen molar-refractivity contribution in [1.29, 1.82) is 0 Å². The molecule has 1 saturated heterocycles. The fraction of sp³-hybridized carbons (Fsp3) is 0.438. The molecule has 3 rings (SSSR count). The van der Waals surface area contributed by atoms with Crippen LogP contribution < -0.4 is 5.32 Å². The third-order valence-corrected chi connectivity index (χ3v) is 5.80. The molecule has 0 unspecified atom stereocenters. The molecule has 0 aromatic carbocycles. The van der Waals surface area contributed by atoms with Crippen molar-refractivity contribution in [3.8, 4) is 0 Å². The van der Waals surface area contributed by atoms with Gasteiger partial charge in [-0.15, -0.1) is 0 Å². The summed E-state index contributed by atoms with van der Waals surface area (Å²) in [6.07, 6.45) is 5.54. The second-order valence-corrected chi connectivity index (χ2v) is 7.95. The molecular formula is C16H21N5O3S. The molecule has 1 aliphatic rings. The molecule has 0 saturated carbocycles. The minimum Gasteiger partial charge on any atom is -0.327 e. The average Bonchev–Trinajstić information content (AvgIpc) is 3.05. The van der Waals surface area contributed by atoms with Crippen molar-refractivity contribution in [2.75, 3.05) is 18.4 Å². The molecule has 2 aromatic rings. The molecule has 0 spiro atoms. The van der Waals surface area contributed by atoms with Gasteiger partial charge in [0.25, 0.3) is 10.0 Å². The average molecular weight is 363 g/mol. The Bertz CT molecular complexity index is 856. The summed E-state index contributed by atoms with van der Waals surface area (Å²) >= 11 is 0. The Morgan fingerprint density at radius 1 is 1.24 bits per heavy atom. The number of nitrogens with one attached hydrogen (secondary N) is 1. The number of carbonyl (C=O) groups is 1. The zero-order chi connectivity index (χ0) is 17.9. The van der Waals surface area contributed by atoms with Gasteiger partial charge in [0.2, 0.25) is 5.91 Å². The van der Waals surface area contributed by atoms with E-state index in [9.17, 15) is 13.2 Å². The van der Waals surface area contributed by atoms with E-state index in [1.165, 1.54) is 21.4 Å². The molecule has 1 amide bonds. The molecule has 0 bridgehead atoms. The van der Waals surface area contributed by atoms with Crippen molar-refractivity contribution in [2.24, 2.45) is 0 Å². The summed E-state index contributed by atoms with van der Waals surface area (Å²) in [6, 6.07) is 5.34. The van der Waals surface area contributed by atoms with Crippen LogP contribution in [-0.2, 0) is 21.4 Å². The fourth-order valence-electron chi connectivity index (χ4n) is 2.76. The summed E-state index contributed by atoms with van der Waals surface area (Å²) in [7, 11) is -3.58. The first-order valence-electron chi connectivity index (χ1n) is 8.20. The fourth-order valence-corrected chi connectivity index (χ4v) is 4.21. The number of aryl methyl sites for hydroxylation is 1. The number of piperidine rings is 1. The highest BCUT2D eigenvalue weighted by molar-refractivity contribution is 7.89. The molecule has 3 heterocycles. The predicted molar refractivity (Wildman–Crippen MR) is 92.4 cm³/mol. The van der Waals surface area contributed by atoms with E-state index in [4.69, 9.17) is 0 Å². The van der Waals surface area contributed by atoms with Gasteiger partial charge < -0.3 is 9.88 Å². The standard InChI is InChI=1S/C16H21N5O3S/c1-13-6-5-7-14(18-13)19-15(22)10-20-11-16(17-12-20)25(23,24)21-8-3-2-4-9-21/h5-7,11-12H,2-4,8-10H2,1H3,(H,18,19,22). The van der Waals surface area contributed by atoms with E-state index in [2.05, 4.69) is 15.3 Å². The summed E-state index contributed by atoms with van der Waals surface area (Å²) in [5.41, 5.74) is 0.801. The summed E-state index contributed by atoms with van der Waals surface area (Å²) in [5, 5.41) is 2.67. The number of imidazole rings is 1. The van der Waals surface area contributed by atoms with Crippen LogP contribution in [0.2, 0.25) is 0 Å². The number of carbonyl (C=O) groups excluding carboxylic acids is 1. The number of pyridine rings is 1. The normalized spacial score (nSPS) is 15.9. The maximum absolute atomic E-state index is 12.6. The Morgan fingerprint density at radius 2 is 2.00 bits per heavy atom. The van der Waals surface area contributed by atoms with E-state index in [0.29, 0.717) is 18.9 Å². The molecule has 8 nitrogen and oxygen atoms in total. The van der Waals surface area contributed by atoms with Crippen molar-refractivity contribution in [3.05, 3.63) is 36.4 Å². The minimum absolute atomic E-state index is 0.0177. The zero-order valence-electron chi connectivity index (χ0n) is 14.1. The topological polar surface area (TPSA) is 97.2 Å². The van der Waals surface area contributed by atoms with Crippen LogP contribution in [0.25, 0.3) is 0 Å². The van der Waals surface area contributed by atoms with Gasteiger partial charge in [0, 0.05) is 25.0 Å². The Kier molecular flexibility index (Phi) is 5.14. The number of hydrogen-bond acceptors (Lipinski definition) is 5. The number of anilines is 1. The Morgan fingerprint density at radius 3 is 2.72 bits per heavy atom. The van der Waals surface area contributed by atoms with Crippen molar-refractivity contribution in [2.45, 2.75) is 37.8 Å². The molecule has 25 heavy (non-hydrogen) atoms. The van der Waals surface area contributed by atoms with Gasteiger partial charge in [0.05, 0.1) is 6.33 Å². The third kappa shape index (κ3) is 4.23. The molecule has 9 heteroatoms. The second-order valence-electron chi connectivity index (χ2n) is 6.06. The number of hydrogen-bond donors (Lipinski definition) is 1. The van der Waals surface area contributed by atoms with Gasteiger partial charge in [-0.1, -0.05) is 12.5 Å². The van der Waals surface area contributed by atoms with Crippen LogP contribution in [0.3, 0.4) is 0 Å². The summed E-state index contributed by atoms with van der Waals surface area (Å²) in [5.74, 6) is 0.170. The predicted octanol–water partition coefficient (Wildman–Crippen LogP) is 1.40. The van der Waals surface area contributed by atoms with Crippen molar-refractivity contribution < 1.29 is 13.2 Å². The molecule has 1 fully saturated rings. The molecule has 0 aliphatic carbocycles. The van der Waals surface area contributed by atoms with Crippen LogP contribution in [-0.4, -0.2) is 46.3 Å². The monoisotopic (exact) mass is 363 g/mol. The Balaban J connectivity index is 1.66. The summed E-state index contributed by atoms with van der Waals surface area (Å²) in [6.45, 7) is 2.85. The van der Waals surface area contributed by atoms with Crippen LogP contribution in [0, 0.1) is 6.92 Å². The highest BCUT2D eigenvalue weighted by atomic mass is 32.2. The Hall–Kier alpha value is -2.26. The third-order valence-electron chi connectivity index (χ3n) is 4.01. The van der Waals surface area contributed by atoms with E-state index in [1.54, 1.807) is 12.1 Å². The Labute approximate surface area is 146 Å². The van der Waals surface area contributed by atoms with Gasteiger partial charge in [-0.25, -0.2) is 18.4 Å². The maximum atomic E-state index is 12.6. The molecule has 2 aromatic heterocycles. The van der Waals surface area contributed by atoms with Crippen LogP contribution in [0.15, 0.2) is 35.7 Å². The van der Waals surface area contributed by atoms with Crippen molar-refractivity contribution in [3.63, 3.8) is 0 Å². The molecule has 0 atom stereocenters. The summed E-state index contributed by atoms with van der Waals surface area (Å²) in [4.78, 5) is 20.3. The molecule has 0 radical (unpaired) electrons. The molecule has 1 aliphatic heterocycles. The minimum atomic E-state index is -3.58.